The summed E-state index contributed by atoms with van der Waals surface area (Å²) in [5, 5.41) is 3.60. The van der Waals surface area contributed by atoms with Gasteiger partial charge >= 0.3 is 0 Å². The molecule has 2 saturated heterocycles. The minimum atomic E-state index is 0.144. The lowest BCUT2D eigenvalue weighted by Crippen LogP contribution is -2.35. The molecule has 0 aliphatic carbocycles. The van der Waals surface area contributed by atoms with Crippen LogP contribution in [0.1, 0.15) is 37.7 Å². The molecule has 0 spiro atoms. The first kappa shape index (κ1) is 15.6. The van der Waals surface area contributed by atoms with Gasteiger partial charge in [-0.15, -0.1) is 0 Å². The first-order valence-electron chi connectivity index (χ1n) is 8.50. The van der Waals surface area contributed by atoms with E-state index in [2.05, 4.69) is 17.4 Å². The summed E-state index contributed by atoms with van der Waals surface area (Å²) in [6.07, 6.45) is 7.11. The third kappa shape index (κ3) is 3.93. The molecule has 4 heteroatoms. The first-order valence-corrected chi connectivity index (χ1v) is 8.50. The van der Waals surface area contributed by atoms with Gasteiger partial charge in [-0.2, -0.15) is 0 Å². The molecule has 1 N–H and O–H groups in total. The van der Waals surface area contributed by atoms with E-state index >= 15 is 0 Å². The fraction of sp³-hybridized carbons (Fsp3) is 0.667. The monoisotopic (exact) mass is 305 g/mol. The Morgan fingerprint density at radius 1 is 1.23 bits per heavy atom. The summed E-state index contributed by atoms with van der Waals surface area (Å²) in [7, 11) is 1.73. The third-order valence-corrected chi connectivity index (χ3v) is 4.56. The smallest absolute Gasteiger partial charge is 0.163 e. The van der Waals surface area contributed by atoms with Crippen LogP contribution in [0.4, 0.5) is 0 Å². The zero-order valence-electron chi connectivity index (χ0n) is 13.5. The number of ether oxygens (including phenoxy) is 3. The second kappa shape index (κ2) is 7.84. The quantitative estimate of drug-likeness (QED) is 0.908. The van der Waals surface area contributed by atoms with Gasteiger partial charge < -0.3 is 19.5 Å². The van der Waals surface area contributed by atoms with Crippen molar-refractivity contribution in [3.63, 3.8) is 0 Å². The fourth-order valence-electron chi connectivity index (χ4n) is 3.39. The average Bonchev–Trinajstić information content (AvgIpc) is 2.57. The summed E-state index contributed by atoms with van der Waals surface area (Å²) >= 11 is 0. The lowest BCUT2D eigenvalue weighted by atomic mass is 9.97. The number of para-hydroxylation sites is 1. The van der Waals surface area contributed by atoms with Crippen LogP contribution in [0.5, 0.6) is 11.5 Å². The van der Waals surface area contributed by atoms with E-state index in [1.165, 1.54) is 24.8 Å². The van der Waals surface area contributed by atoms with E-state index in [-0.39, 0.29) is 6.10 Å². The van der Waals surface area contributed by atoms with Crippen LogP contribution < -0.4 is 14.8 Å². The van der Waals surface area contributed by atoms with Gasteiger partial charge in [0.2, 0.25) is 0 Å². The number of piperidine rings is 1. The maximum atomic E-state index is 6.14. The minimum absolute atomic E-state index is 0.144. The molecule has 0 radical (unpaired) electrons. The summed E-state index contributed by atoms with van der Waals surface area (Å²) in [6.45, 7) is 2.66. The molecular formula is C18H27NO3. The molecule has 2 aliphatic rings. The molecule has 0 aromatic heterocycles. The fourth-order valence-corrected chi connectivity index (χ4v) is 3.39. The van der Waals surface area contributed by atoms with E-state index in [0.29, 0.717) is 12.6 Å². The van der Waals surface area contributed by atoms with Crippen molar-refractivity contribution < 1.29 is 14.2 Å². The average molecular weight is 305 g/mol. The summed E-state index contributed by atoms with van der Waals surface area (Å²) in [6, 6.07) is 6.78. The standard InChI is InChI=1S/C18H27NO3/c1-20-18-14(12-15-7-2-3-10-19-15)6-4-9-17(18)22-16-8-5-11-21-13-16/h4,6,9,15-16,19H,2-3,5,7-8,10-13H2,1H3. The predicted octanol–water partition coefficient (Wildman–Crippen LogP) is 2.94. The molecule has 3 rings (SSSR count). The maximum Gasteiger partial charge on any atom is 0.163 e. The van der Waals surface area contributed by atoms with E-state index in [4.69, 9.17) is 14.2 Å². The summed E-state index contributed by atoms with van der Waals surface area (Å²) < 4.78 is 17.3. The van der Waals surface area contributed by atoms with E-state index in [1.807, 2.05) is 6.07 Å². The zero-order chi connectivity index (χ0) is 15.2. The Kier molecular flexibility index (Phi) is 5.57. The molecule has 1 aromatic carbocycles. The van der Waals surface area contributed by atoms with Crippen molar-refractivity contribution >= 4 is 0 Å². The van der Waals surface area contributed by atoms with Crippen LogP contribution in [-0.2, 0) is 11.2 Å². The molecule has 2 fully saturated rings. The number of benzene rings is 1. The molecule has 0 saturated carbocycles. The Morgan fingerprint density at radius 3 is 2.91 bits per heavy atom. The van der Waals surface area contributed by atoms with Crippen LogP contribution in [0.3, 0.4) is 0 Å². The predicted molar refractivity (Wildman–Crippen MR) is 86.8 cm³/mol. The molecule has 4 nitrogen and oxygen atoms in total. The molecule has 122 valence electrons. The summed E-state index contributed by atoms with van der Waals surface area (Å²) in [4.78, 5) is 0. The van der Waals surface area contributed by atoms with Crippen molar-refractivity contribution in [2.45, 2.75) is 50.7 Å². The van der Waals surface area contributed by atoms with Gasteiger partial charge in [0, 0.05) is 12.6 Å². The van der Waals surface area contributed by atoms with E-state index in [1.54, 1.807) is 7.11 Å². The molecule has 2 heterocycles. The molecule has 0 amide bonds. The highest BCUT2D eigenvalue weighted by Gasteiger charge is 2.21. The third-order valence-electron chi connectivity index (χ3n) is 4.56. The van der Waals surface area contributed by atoms with Crippen molar-refractivity contribution in [2.24, 2.45) is 0 Å². The number of hydrogen-bond donors (Lipinski definition) is 1. The summed E-state index contributed by atoms with van der Waals surface area (Å²) in [5.74, 6) is 1.74. The number of nitrogens with one attached hydrogen (secondary N) is 1. The molecule has 2 aliphatic heterocycles. The highest BCUT2D eigenvalue weighted by molar-refractivity contribution is 5.47. The van der Waals surface area contributed by atoms with Crippen molar-refractivity contribution in [1.29, 1.82) is 0 Å². The Hall–Kier alpha value is -1.26. The molecule has 2 atom stereocenters. The maximum absolute atomic E-state index is 6.14. The highest BCUT2D eigenvalue weighted by atomic mass is 16.5. The van der Waals surface area contributed by atoms with Crippen LogP contribution in [0.2, 0.25) is 0 Å². The number of methoxy groups -OCH3 is 1. The highest BCUT2D eigenvalue weighted by Crippen LogP contribution is 2.34. The Bertz CT molecular complexity index is 427. The van der Waals surface area contributed by atoms with Gasteiger partial charge in [0.25, 0.3) is 0 Å². The molecule has 22 heavy (non-hydrogen) atoms. The van der Waals surface area contributed by atoms with Crippen molar-refractivity contribution in [3.05, 3.63) is 23.8 Å². The number of hydrogen-bond acceptors (Lipinski definition) is 4. The summed E-state index contributed by atoms with van der Waals surface area (Å²) in [5.41, 5.74) is 1.23. The van der Waals surface area contributed by atoms with Crippen LogP contribution in [0, 0.1) is 0 Å². The molecule has 1 aromatic rings. The van der Waals surface area contributed by atoms with Crippen molar-refractivity contribution in [2.75, 3.05) is 26.9 Å². The van der Waals surface area contributed by atoms with Gasteiger partial charge in [0.15, 0.2) is 11.5 Å². The van der Waals surface area contributed by atoms with E-state index < -0.39 is 0 Å². The largest absolute Gasteiger partial charge is 0.493 e. The Labute approximate surface area is 133 Å². The van der Waals surface area contributed by atoms with Crippen LogP contribution in [0.15, 0.2) is 18.2 Å². The SMILES string of the molecule is COc1c(CC2CCCCN2)cccc1OC1CCCOC1. The first-order chi connectivity index (χ1) is 10.9. The van der Waals surface area contributed by atoms with Crippen molar-refractivity contribution in [3.8, 4) is 11.5 Å². The van der Waals surface area contributed by atoms with E-state index in [9.17, 15) is 0 Å². The van der Waals surface area contributed by atoms with E-state index in [0.717, 1.165) is 43.9 Å². The Morgan fingerprint density at radius 2 is 2.18 bits per heavy atom. The van der Waals surface area contributed by atoms with Gasteiger partial charge in [-0.1, -0.05) is 18.6 Å². The van der Waals surface area contributed by atoms with Gasteiger partial charge in [-0.05, 0) is 50.3 Å². The van der Waals surface area contributed by atoms with Gasteiger partial charge in [-0.3, -0.25) is 0 Å². The Balaban J connectivity index is 1.71. The lowest BCUT2D eigenvalue weighted by Gasteiger charge is -2.26. The van der Waals surface area contributed by atoms with Crippen LogP contribution in [0.25, 0.3) is 0 Å². The van der Waals surface area contributed by atoms with Crippen LogP contribution >= 0.6 is 0 Å². The zero-order valence-corrected chi connectivity index (χ0v) is 13.5. The van der Waals surface area contributed by atoms with Gasteiger partial charge in [0.05, 0.1) is 13.7 Å². The second-order valence-electron chi connectivity index (χ2n) is 6.26. The normalized spacial score (nSPS) is 25.7. The molecule has 0 bridgehead atoms. The molecular weight excluding hydrogens is 278 g/mol. The lowest BCUT2D eigenvalue weighted by molar-refractivity contribution is 0.00638. The van der Waals surface area contributed by atoms with Crippen molar-refractivity contribution in [1.82, 2.24) is 5.32 Å². The van der Waals surface area contributed by atoms with Gasteiger partial charge in [0.1, 0.15) is 6.10 Å². The minimum Gasteiger partial charge on any atom is -0.493 e. The molecule has 2 unspecified atom stereocenters. The van der Waals surface area contributed by atoms with Gasteiger partial charge in [-0.25, -0.2) is 0 Å². The number of rotatable bonds is 5. The topological polar surface area (TPSA) is 39.7 Å². The second-order valence-corrected chi connectivity index (χ2v) is 6.26. The van der Waals surface area contributed by atoms with Crippen LogP contribution in [-0.4, -0.2) is 39.0 Å².